The third-order valence-corrected chi connectivity index (χ3v) is 6.90. The highest BCUT2D eigenvalue weighted by Crippen LogP contribution is 2.46. The minimum Gasteiger partial charge on any atom is -0.477 e. The Morgan fingerprint density at radius 3 is 2.89 bits per heavy atom. The molecule has 2 atom stereocenters. The van der Waals surface area contributed by atoms with Crippen molar-refractivity contribution in [2.75, 3.05) is 24.7 Å². The number of hydrogen-bond acceptors (Lipinski definition) is 8. The summed E-state index contributed by atoms with van der Waals surface area (Å²) in [6, 6.07) is 10.6. The zero-order valence-electron chi connectivity index (χ0n) is 19.4. The van der Waals surface area contributed by atoms with Gasteiger partial charge in [-0.25, -0.2) is 4.79 Å². The van der Waals surface area contributed by atoms with Gasteiger partial charge < -0.3 is 19.1 Å². The average molecular weight is 511 g/mol. The number of fused-ring (bicyclic) bond motifs is 3. The van der Waals surface area contributed by atoms with Crippen molar-refractivity contribution < 1.29 is 27.4 Å². The molecule has 3 aliphatic rings. The Morgan fingerprint density at radius 1 is 1.24 bits per heavy atom. The number of nitriles is 1. The van der Waals surface area contributed by atoms with E-state index in [1.165, 1.54) is 12.1 Å². The summed E-state index contributed by atoms with van der Waals surface area (Å²) in [5, 5.41) is 9.53. The van der Waals surface area contributed by atoms with Gasteiger partial charge in [-0.15, -0.1) is 0 Å². The summed E-state index contributed by atoms with van der Waals surface area (Å²) < 4.78 is 57.5. The number of anilines is 1. The molecule has 0 aliphatic carbocycles. The van der Waals surface area contributed by atoms with Gasteiger partial charge in [0.1, 0.15) is 29.1 Å². The SMILES string of the molecule is N#Cc1cc(CCOc2cc3n(c(=O)n2)C[C@]24CO[C@H](CN32)C4)ccc1Oc1ccnc(C(F)(F)F)c1. The topological polar surface area (TPSA) is 102 Å². The lowest BCUT2D eigenvalue weighted by Gasteiger charge is -2.32. The number of morpholine rings is 1. The van der Waals surface area contributed by atoms with E-state index in [9.17, 15) is 23.2 Å². The molecule has 6 rings (SSSR count). The van der Waals surface area contributed by atoms with Crippen LogP contribution < -0.4 is 20.1 Å². The molecular weight excluding hydrogens is 491 g/mol. The molecule has 1 aromatic carbocycles. The molecule has 12 heteroatoms. The molecule has 2 saturated heterocycles. The first-order valence-corrected chi connectivity index (χ1v) is 11.6. The van der Waals surface area contributed by atoms with E-state index in [4.69, 9.17) is 14.2 Å². The number of halogens is 3. The molecular formula is C25H20F3N5O4. The number of hydrogen-bond donors (Lipinski definition) is 0. The van der Waals surface area contributed by atoms with Gasteiger partial charge in [0.15, 0.2) is 0 Å². The second-order valence-corrected chi connectivity index (χ2v) is 9.31. The molecule has 0 N–H and O–H groups in total. The zero-order chi connectivity index (χ0) is 25.8. The molecule has 0 saturated carbocycles. The quantitative estimate of drug-likeness (QED) is 0.497. The fourth-order valence-electron chi connectivity index (χ4n) is 5.20. The van der Waals surface area contributed by atoms with Crippen molar-refractivity contribution >= 4 is 5.82 Å². The zero-order valence-corrected chi connectivity index (χ0v) is 19.4. The van der Waals surface area contributed by atoms with Gasteiger partial charge in [-0.05, 0) is 23.8 Å². The van der Waals surface area contributed by atoms with Crippen molar-refractivity contribution in [3.63, 3.8) is 0 Å². The van der Waals surface area contributed by atoms with Crippen LogP contribution in [0.4, 0.5) is 19.0 Å². The van der Waals surface area contributed by atoms with Crippen molar-refractivity contribution in [3.8, 4) is 23.4 Å². The number of rotatable bonds is 6. The second kappa shape index (κ2) is 8.48. The first-order valence-electron chi connectivity index (χ1n) is 11.6. The highest BCUT2D eigenvalue weighted by molar-refractivity contribution is 5.53. The summed E-state index contributed by atoms with van der Waals surface area (Å²) in [4.78, 5) is 22.2. The Bertz CT molecular complexity index is 1480. The predicted molar refractivity (Wildman–Crippen MR) is 123 cm³/mol. The summed E-state index contributed by atoms with van der Waals surface area (Å²) in [6.07, 6.45) is -2.11. The van der Waals surface area contributed by atoms with Gasteiger partial charge in [-0.2, -0.15) is 23.4 Å². The van der Waals surface area contributed by atoms with E-state index in [1.807, 2.05) is 6.07 Å². The maximum absolute atomic E-state index is 12.9. The number of aromatic nitrogens is 3. The second-order valence-electron chi connectivity index (χ2n) is 9.31. The van der Waals surface area contributed by atoms with Crippen LogP contribution in [-0.4, -0.2) is 45.9 Å². The van der Waals surface area contributed by atoms with E-state index in [0.29, 0.717) is 19.6 Å². The Labute approximate surface area is 208 Å². The minimum absolute atomic E-state index is 0.0801. The normalized spacial score (nSPS) is 21.5. The molecule has 0 radical (unpaired) electrons. The van der Waals surface area contributed by atoms with E-state index < -0.39 is 11.9 Å². The molecule has 9 nitrogen and oxygen atoms in total. The van der Waals surface area contributed by atoms with E-state index in [1.54, 1.807) is 22.8 Å². The maximum atomic E-state index is 12.9. The van der Waals surface area contributed by atoms with Crippen LogP contribution >= 0.6 is 0 Å². The minimum atomic E-state index is -4.61. The average Bonchev–Trinajstić information content (AvgIpc) is 3.53. The molecule has 37 heavy (non-hydrogen) atoms. The maximum Gasteiger partial charge on any atom is 0.433 e. The number of pyridine rings is 1. The van der Waals surface area contributed by atoms with Crippen LogP contribution in [0.2, 0.25) is 0 Å². The molecule has 0 unspecified atom stereocenters. The monoisotopic (exact) mass is 511 g/mol. The molecule has 5 heterocycles. The lowest BCUT2D eigenvalue weighted by Crippen LogP contribution is -2.46. The third kappa shape index (κ3) is 4.15. The fraction of sp³-hybridized carbons (Fsp3) is 0.360. The van der Waals surface area contributed by atoms with Crippen LogP contribution in [0.15, 0.2) is 47.4 Å². The van der Waals surface area contributed by atoms with Crippen molar-refractivity contribution in [1.29, 1.82) is 5.26 Å². The molecule has 3 aromatic rings. The summed E-state index contributed by atoms with van der Waals surface area (Å²) in [5.74, 6) is 1.07. The number of ether oxygens (including phenoxy) is 3. The first-order chi connectivity index (χ1) is 17.7. The van der Waals surface area contributed by atoms with E-state index in [-0.39, 0.29) is 46.9 Å². The lowest BCUT2D eigenvalue weighted by molar-refractivity contribution is -0.141. The van der Waals surface area contributed by atoms with Crippen LogP contribution in [0.25, 0.3) is 0 Å². The number of benzene rings is 1. The van der Waals surface area contributed by atoms with Gasteiger partial charge in [-0.1, -0.05) is 6.07 Å². The lowest BCUT2D eigenvalue weighted by atomic mass is 10.0. The van der Waals surface area contributed by atoms with Crippen LogP contribution in [0.3, 0.4) is 0 Å². The Morgan fingerprint density at radius 2 is 2.11 bits per heavy atom. The van der Waals surface area contributed by atoms with E-state index in [2.05, 4.69) is 14.9 Å². The highest BCUT2D eigenvalue weighted by Gasteiger charge is 2.56. The fourth-order valence-corrected chi connectivity index (χ4v) is 5.20. The number of nitrogens with zero attached hydrogens (tertiary/aromatic N) is 5. The van der Waals surface area contributed by atoms with Gasteiger partial charge in [0, 0.05) is 37.7 Å². The third-order valence-electron chi connectivity index (χ3n) is 6.90. The van der Waals surface area contributed by atoms with Gasteiger partial charge in [0.05, 0.1) is 37.0 Å². The molecule has 0 amide bonds. The van der Waals surface area contributed by atoms with Crippen molar-refractivity contribution in [1.82, 2.24) is 14.5 Å². The largest absolute Gasteiger partial charge is 0.477 e. The summed E-state index contributed by atoms with van der Waals surface area (Å²) >= 11 is 0. The van der Waals surface area contributed by atoms with Crippen molar-refractivity contribution in [2.45, 2.75) is 37.2 Å². The van der Waals surface area contributed by atoms with Crippen LogP contribution in [0, 0.1) is 11.3 Å². The summed E-state index contributed by atoms with van der Waals surface area (Å²) in [7, 11) is 0. The molecule has 1 spiro atoms. The smallest absolute Gasteiger partial charge is 0.433 e. The Balaban J connectivity index is 1.12. The van der Waals surface area contributed by atoms with Crippen LogP contribution in [-0.2, 0) is 23.9 Å². The van der Waals surface area contributed by atoms with Gasteiger partial charge in [-0.3, -0.25) is 9.55 Å². The van der Waals surface area contributed by atoms with Crippen molar-refractivity contribution in [3.05, 3.63) is 69.9 Å². The Kier molecular flexibility index (Phi) is 5.34. The number of alkyl halides is 3. The highest BCUT2D eigenvalue weighted by atomic mass is 19.4. The standard InChI is InChI=1S/C25H20F3N5O4/c26-25(27,28)20-8-17(3-5-30-20)37-19-2-1-15(7-16(19)11-29)4-6-35-21-9-22-32(23(34)31-21)13-24-10-18(36-14-24)12-33(22)24/h1-3,5,7-9,18H,4,6,10,12-14H2/t18-,24+/m0/s1. The van der Waals surface area contributed by atoms with Crippen LogP contribution in [0.5, 0.6) is 17.4 Å². The van der Waals surface area contributed by atoms with Gasteiger partial charge >= 0.3 is 11.9 Å². The summed E-state index contributed by atoms with van der Waals surface area (Å²) in [6.45, 7) is 2.11. The molecule has 2 fully saturated rings. The van der Waals surface area contributed by atoms with E-state index in [0.717, 1.165) is 36.6 Å². The van der Waals surface area contributed by atoms with Gasteiger partial charge in [0.25, 0.3) is 0 Å². The van der Waals surface area contributed by atoms with Crippen molar-refractivity contribution in [2.24, 2.45) is 0 Å². The molecule has 2 bridgehead atoms. The predicted octanol–water partition coefficient (Wildman–Crippen LogP) is 3.30. The Hall–Kier alpha value is -4.11. The van der Waals surface area contributed by atoms with Gasteiger partial charge in [0.2, 0.25) is 5.88 Å². The molecule has 2 aromatic heterocycles. The van der Waals surface area contributed by atoms with Crippen LogP contribution in [0.1, 0.15) is 23.2 Å². The summed E-state index contributed by atoms with van der Waals surface area (Å²) in [5.41, 5.74) is -0.705. The molecule has 190 valence electrons. The van der Waals surface area contributed by atoms with E-state index >= 15 is 0 Å². The first kappa shape index (κ1) is 23.3. The molecule has 3 aliphatic heterocycles.